The molecule has 0 saturated carbocycles. The Morgan fingerprint density at radius 3 is 2.55 bits per heavy atom. The van der Waals surface area contributed by atoms with Crippen molar-refractivity contribution in [3.05, 3.63) is 62.2 Å². The lowest BCUT2D eigenvalue weighted by Crippen LogP contribution is -2.36. The number of aromatic nitrogens is 3. The number of phenols is 1. The maximum Gasteiger partial charge on any atom is 0.318 e. The number of carbonyl (C=O) groups is 1. The number of carbonyl (C=O) groups excluding carboxylic acids is 1. The van der Waals surface area contributed by atoms with E-state index in [2.05, 4.69) is 15.2 Å². The third-order valence-electron chi connectivity index (χ3n) is 4.81. The minimum Gasteiger partial charge on any atom is -0.502 e. The number of fused-ring (bicyclic) bond motifs is 3. The van der Waals surface area contributed by atoms with Gasteiger partial charge in [-0.05, 0) is 12.3 Å². The van der Waals surface area contributed by atoms with Crippen LogP contribution in [0.3, 0.4) is 0 Å². The first-order valence-corrected chi connectivity index (χ1v) is 10.5. The van der Waals surface area contributed by atoms with Gasteiger partial charge in [-0.2, -0.15) is 4.98 Å². The second-order valence-corrected chi connectivity index (χ2v) is 7.52. The van der Waals surface area contributed by atoms with E-state index in [4.69, 9.17) is 4.74 Å². The smallest absolute Gasteiger partial charge is 0.318 e. The molecule has 4 rings (SSSR count). The molecule has 1 aliphatic rings. The zero-order valence-corrected chi connectivity index (χ0v) is 17.8. The summed E-state index contributed by atoms with van der Waals surface area (Å²) in [6.07, 6.45) is 0.179. The Morgan fingerprint density at radius 2 is 1.91 bits per heavy atom. The fourth-order valence-corrected chi connectivity index (χ4v) is 3.70. The lowest BCUT2D eigenvalue weighted by molar-refractivity contribution is -0.394. The number of aromatic hydroxyl groups is 1. The lowest BCUT2D eigenvalue weighted by Gasteiger charge is -2.29. The van der Waals surface area contributed by atoms with Crippen molar-refractivity contribution >= 4 is 34.7 Å². The van der Waals surface area contributed by atoms with E-state index in [1.54, 1.807) is 30.5 Å². The van der Waals surface area contributed by atoms with E-state index < -0.39 is 39.1 Å². The average Bonchev–Trinajstić information content (AvgIpc) is 2.92. The molecule has 0 radical (unpaired) electrons. The molecule has 33 heavy (non-hydrogen) atoms. The van der Waals surface area contributed by atoms with Crippen molar-refractivity contribution in [3.8, 4) is 22.9 Å². The Bertz CT molecular complexity index is 1320. The highest BCUT2D eigenvalue weighted by Gasteiger charge is 2.39. The monoisotopic (exact) mass is 470 g/mol. The molecule has 0 saturated heterocycles. The van der Waals surface area contributed by atoms with Gasteiger partial charge in [-0.15, -0.1) is 10.2 Å². The number of ether oxygens (including phenoxy) is 1. The summed E-state index contributed by atoms with van der Waals surface area (Å²) in [6.45, 7) is 1.22. The van der Waals surface area contributed by atoms with Crippen LogP contribution in [0.1, 0.15) is 18.7 Å². The summed E-state index contributed by atoms with van der Waals surface area (Å²) in [7, 11) is 0. The topological polar surface area (TPSA) is 175 Å². The van der Waals surface area contributed by atoms with Gasteiger partial charge in [0.1, 0.15) is 0 Å². The van der Waals surface area contributed by atoms with E-state index in [9.17, 15) is 30.1 Å². The van der Waals surface area contributed by atoms with E-state index in [1.807, 2.05) is 0 Å². The molecule has 1 aliphatic heterocycles. The molecule has 0 bridgehead atoms. The predicted molar refractivity (Wildman–Crippen MR) is 115 cm³/mol. The Balaban J connectivity index is 2.05. The van der Waals surface area contributed by atoms with Crippen molar-refractivity contribution in [2.24, 2.45) is 0 Å². The number of hydrogen-bond donors (Lipinski definition) is 1. The van der Waals surface area contributed by atoms with Gasteiger partial charge in [0.25, 0.3) is 5.69 Å². The molecule has 13 nitrogen and oxygen atoms in total. The van der Waals surface area contributed by atoms with Gasteiger partial charge in [-0.3, -0.25) is 29.9 Å². The Morgan fingerprint density at radius 1 is 1.18 bits per heavy atom. The third-order valence-corrected chi connectivity index (χ3v) is 5.35. The quantitative estimate of drug-likeness (QED) is 0.336. The number of nitro groups is 2. The van der Waals surface area contributed by atoms with Crippen LogP contribution in [0.4, 0.5) is 17.1 Å². The van der Waals surface area contributed by atoms with E-state index in [-0.39, 0.29) is 28.0 Å². The van der Waals surface area contributed by atoms with Crippen molar-refractivity contribution in [2.75, 3.05) is 11.2 Å². The highest BCUT2D eigenvalue weighted by Crippen LogP contribution is 2.47. The maximum atomic E-state index is 12.8. The molecule has 0 fully saturated rings. The van der Waals surface area contributed by atoms with Gasteiger partial charge >= 0.3 is 5.69 Å². The van der Waals surface area contributed by atoms with Gasteiger partial charge in [0.05, 0.1) is 27.2 Å². The normalized spacial score (nSPS) is 14.5. The van der Waals surface area contributed by atoms with Crippen LogP contribution in [-0.2, 0) is 4.79 Å². The van der Waals surface area contributed by atoms with Crippen LogP contribution in [0.5, 0.6) is 11.6 Å². The molecule has 14 heteroatoms. The number of nitrogens with zero attached hydrogens (tertiary/aromatic N) is 6. The minimum atomic E-state index is -1.53. The number of phenolic OH excluding ortho intramolecular Hbond substituents is 1. The second kappa shape index (κ2) is 8.31. The SMILES string of the molecule is CSc1nnc2c(n1)O[C@@H](c1cc([N+](=O)[O-])cc([N+](=O)[O-])c1O)N(C(C)=O)c1ccccc1-2. The van der Waals surface area contributed by atoms with Crippen LogP contribution in [-0.4, -0.2) is 42.3 Å². The van der Waals surface area contributed by atoms with Crippen molar-refractivity contribution < 1.29 is 24.5 Å². The number of non-ortho nitro benzene ring substituents is 1. The molecule has 3 aromatic rings. The van der Waals surface area contributed by atoms with E-state index in [0.717, 1.165) is 11.0 Å². The number of hydrogen-bond acceptors (Lipinski definition) is 11. The molecule has 1 atom stereocenters. The molecule has 0 spiro atoms. The van der Waals surface area contributed by atoms with Crippen LogP contribution in [0.15, 0.2) is 41.6 Å². The van der Waals surface area contributed by atoms with Crippen LogP contribution in [0, 0.1) is 20.2 Å². The number of amides is 1. The highest BCUT2D eigenvalue weighted by atomic mass is 32.2. The minimum absolute atomic E-state index is 0.0656. The second-order valence-electron chi connectivity index (χ2n) is 6.75. The summed E-state index contributed by atoms with van der Waals surface area (Å²) in [6, 6.07) is 8.12. The lowest BCUT2D eigenvalue weighted by atomic mass is 10.1. The first-order chi connectivity index (χ1) is 15.7. The first kappa shape index (κ1) is 21.9. The Labute approximate surface area is 189 Å². The van der Waals surface area contributed by atoms with Gasteiger partial charge in [-0.1, -0.05) is 30.0 Å². The first-order valence-electron chi connectivity index (χ1n) is 9.23. The van der Waals surface area contributed by atoms with Gasteiger partial charge in [0.2, 0.25) is 28.9 Å². The van der Waals surface area contributed by atoms with Crippen LogP contribution in [0.2, 0.25) is 0 Å². The summed E-state index contributed by atoms with van der Waals surface area (Å²) >= 11 is 1.18. The fourth-order valence-electron chi connectivity index (χ4n) is 3.40. The highest BCUT2D eigenvalue weighted by molar-refractivity contribution is 7.98. The van der Waals surface area contributed by atoms with Crippen molar-refractivity contribution in [3.63, 3.8) is 0 Å². The molecular formula is C19H14N6O7S. The Kier molecular flexibility index (Phi) is 5.51. The molecule has 0 unspecified atom stereocenters. The number of benzene rings is 2. The number of rotatable bonds is 4. The van der Waals surface area contributed by atoms with Crippen LogP contribution < -0.4 is 9.64 Å². The van der Waals surface area contributed by atoms with Gasteiger partial charge in [-0.25, -0.2) is 0 Å². The molecule has 168 valence electrons. The molecule has 1 aromatic heterocycles. The summed E-state index contributed by atoms with van der Waals surface area (Å²) in [5.41, 5.74) is -1.03. The zero-order chi connectivity index (χ0) is 23.9. The van der Waals surface area contributed by atoms with Gasteiger partial charge in [0.15, 0.2) is 5.69 Å². The van der Waals surface area contributed by atoms with Gasteiger partial charge in [0, 0.05) is 18.6 Å². The predicted octanol–water partition coefficient (Wildman–Crippen LogP) is 3.23. The molecule has 2 heterocycles. The van der Waals surface area contributed by atoms with E-state index in [0.29, 0.717) is 11.6 Å². The largest absolute Gasteiger partial charge is 0.502 e. The summed E-state index contributed by atoms with van der Waals surface area (Å²) in [4.78, 5) is 39.2. The number of anilines is 1. The summed E-state index contributed by atoms with van der Waals surface area (Å²) < 4.78 is 5.97. The molecular weight excluding hydrogens is 456 g/mol. The Hall–Kier alpha value is -4.33. The van der Waals surface area contributed by atoms with E-state index >= 15 is 0 Å². The van der Waals surface area contributed by atoms with Crippen LogP contribution >= 0.6 is 11.8 Å². The third kappa shape index (κ3) is 3.76. The fraction of sp³-hybridized carbons (Fsp3) is 0.158. The molecule has 1 amide bonds. The molecule has 1 N–H and O–H groups in total. The maximum absolute atomic E-state index is 12.8. The number of para-hydroxylation sites is 1. The number of thioether (sulfide) groups is 1. The van der Waals surface area contributed by atoms with Crippen molar-refractivity contribution in [2.45, 2.75) is 18.3 Å². The van der Waals surface area contributed by atoms with E-state index in [1.165, 1.54) is 18.7 Å². The van der Waals surface area contributed by atoms with Crippen molar-refractivity contribution in [1.82, 2.24) is 15.2 Å². The average molecular weight is 470 g/mol. The van der Waals surface area contributed by atoms with Crippen LogP contribution in [0.25, 0.3) is 11.3 Å². The summed E-state index contributed by atoms with van der Waals surface area (Å²) in [5, 5.41) is 42.0. The van der Waals surface area contributed by atoms with Crippen molar-refractivity contribution in [1.29, 1.82) is 0 Å². The van der Waals surface area contributed by atoms with Gasteiger partial charge < -0.3 is 9.84 Å². The summed E-state index contributed by atoms with van der Waals surface area (Å²) in [5.74, 6) is -1.51. The number of nitro benzene ring substituents is 2. The standard InChI is InChI=1S/C19H14N6O7S/c1-9(26)23-13-6-4-3-5-11(13)15-17(20-19(33-2)22-21-15)32-18(23)12-7-10(24(28)29)8-14(16(12)27)25(30)31/h3-8,18,27H,1-2H3/t18-/m0/s1. The molecule has 2 aromatic carbocycles. The zero-order valence-electron chi connectivity index (χ0n) is 17.0. The molecule has 0 aliphatic carbocycles.